The maximum absolute atomic E-state index is 12.3. The van der Waals surface area contributed by atoms with Gasteiger partial charge in [-0.05, 0) is 31.1 Å². The van der Waals surface area contributed by atoms with E-state index in [4.69, 9.17) is 9.16 Å². The first-order chi connectivity index (χ1) is 8.50. The zero-order chi connectivity index (χ0) is 14.6. The molecule has 1 fully saturated rings. The van der Waals surface area contributed by atoms with Gasteiger partial charge in [-0.2, -0.15) is 0 Å². The number of carbonyl (C=O) groups excluding carboxylic acids is 1. The molecule has 2 heterocycles. The summed E-state index contributed by atoms with van der Waals surface area (Å²) in [5, 5.41) is 0.100. The van der Waals surface area contributed by atoms with E-state index in [1.54, 1.807) is 0 Å². The van der Waals surface area contributed by atoms with Crippen LogP contribution in [-0.4, -0.2) is 26.0 Å². The number of Topliss-reactive ketones (excluding diaryl/α,β-unsaturated/α-hetero) is 1. The Morgan fingerprint density at radius 3 is 2.42 bits per heavy atom. The number of rotatable bonds is 2. The maximum Gasteiger partial charge on any atom is 0.196 e. The third-order valence-corrected chi connectivity index (χ3v) is 9.47. The van der Waals surface area contributed by atoms with Gasteiger partial charge < -0.3 is 9.16 Å². The van der Waals surface area contributed by atoms with E-state index in [9.17, 15) is 4.79 Å². The molecule has 108 valence electrons. The third-order valence-electron chi connectivity index (χ3n) is 5.03. The van der Waals surface area contributed by atoms with Crippen LogP contribution in [0.5, 0.6) is 0 Å². The molecule has 0 unspecified atom stereocenters. The van der Waals surface area contributed by atoms with Gasteiger partial charge in [0.05, 0.1) is 12.0 Å². The zero-order valence-electron chi connectivity index (χ0n) is 13.1. The third kappa shape index (κ3) is 2.24. The molecule has 0 aromatic carbocycles. The van der Waals surface area contributed by atoms with Crippen molar-refractivity contribution >= 4 is 14.1 Å². The van der Waals surface area contributed by atoms with E-state index in [1.807, 2.05) is 26.0 Å². The van der Waals surface area contributed by atoms with Gasteiger partial charge in [-0.25, -0.2) is 0 Å². The van der Waals surface area contributed by atoms with Gasteiger partial charge in [-0.1, -0.05) is 33.8 Å². The van der Waals surface area contributed by atoms with Crippen LogP contribution in [0.1, 0.15) is 34.6 Å². The van der Waals surface area contributed by atoms with Gasteiger partial charge in [0.25, 0.3) is 0 Å². The minimum Gasteiger partial charge on any atom is -0.386 e. The summed E-state index contributed by atoms with van der Waals surface area (Å²) in [6, 6.07) is 0. The summed E-state index contributed by atoms with van der Waals surface area (Å²) in [6.07, 6.45) is 3.86. The largest absolute Gasteiger partial charge is 0.386 e. The highest BCUT2D eigenvalue weighted by Crippen LogP contribution is 2.47. The molecule has 2 rings (SSSR count). The van der Waals surface area contributed by atoms with Gasteiger partial charge in [-0.3, -0.25) is 4.79 Å². The molecule has 0 spiro atoms. The second-order valence-electron chi connectivity index (χ2n) is 7.44. The molecule has 0 aliphatic carbocycles. The van der Waals surface area contributed by atoms with E-state index < -0.39 is 14.1 Å². The van der Waals surface area contributed by atoms with Crippen LogP contribution in [0.25, 0.3) is 0 Å². The predicted molar refractivity (Wildman–Crippen MR) is 78.4 cm³/mol. The summed E-state index contributed by atoms with van der Waals surface area (Å²) in [4.78, 5) is 12.3. The van der Waals surface area contributed by atoms with Crippen molar-refractivity contribution in [3.63, 3.8) is 0 Å². The molecule has 19 heavy (non-hydrogen) atoms. The predicted octanol–water partition coefficient (Wildman–Crippen LogP) is 3.51. The Kier molecular flexibility index (Phi) is 3.36. The topological polar surface area (TPSA) is 35.5 Å². The van der Waals surface area contributed by atoms with Crippen molar-refractivity contribution in [3.8, 4) is 0 Å². The Bertz CT molecular complexity index is 422. The summed E-state index contributed by atoms with van der Waals surface area (Å²) in [7, 11) is -1.98. The van der Waals surface area contributed by atoms with E-state index in [2.05, 4.69) is 33.9 Å². The molecule has 0 aromatic rings. The molecule has 2 aliphatic rings. The van der Waals surface area contributed by atoms with Crippen molar-refractivity contribution in [3.05, 3.63) is 12.2 Å². The molecular weight excluding hydrogens is 256 g/mol. The zero-order valence-corrected chi connectivity index (χ0v) is 14.1. The highest BCUT2D eigenvalue weighted by molar-refractivity contribution is 6.74. The Hall–Kier alpha value is -0.453. The summed E-state index contributed by atoms with van der Waals surface area (Å²) in [5.41, 5.74) is 0. The standard InChI is InChI=1S/C15H26O3Si/c1-10-12-8-9-15(17-12,11(2)13(10)16)18-19(6,7)14(3,4)5/h8-12H,1-7H3/t10-,11-,12+,15-/m0/s1. The number of ether oxygens (including phenoxy) is 1. The first-order valence-corrected chi connectivity index (χ1v) is 10.0. The highest BCUT2D eigenvalue weighted by Gasteiger charge is 2.56. The molecule has 0 amide bonds. The normalized spacial score (nSPS) is 38.9. The van der Waals surface area contributed by atoms with Gasteiger partial charge in [0.2, 0.25) is 0 Å². The van der Waals surface area contributed by atoms with Crippen LogP contribution in [0.3, 0.4) is 0 Å². The average molecular weight is 282 g/mol. The Balaban J connectivity index is 2.30. The minimum absolute atomic E-state index is 0.0649. The SMILES string of the molecule is C[C@@H]1C(=O)[C@H](C)[C@@]2(O[Si](C)(C)C(C)(C)C)C=C[C@H]1O2. The second kappa shape index (κ2) is 4.27. The summed E-state index contributed by atoms with van der Waals surface area (Å²) in [5.74, 6) is -0.867. The molecule has 0 saturated carbocycles. The van der Waals surface area contributed by atoms with Gasteiger partial charge in [0.15, 0.2) is 14.1 Å². The lowest BCUT2D eigenvalue weighted by molar-refractivity contribution is -0.220. The van der Waals surface area contributed by atoms with Crippen LogP contribution in [0.4, 0.5) is 0 Å². The fourth-order valence-corrected chi connectivity index (χ4v) is 3.88. The summed E-state index contributed by atoms with van der Waals surface area (Å²) >= 11 is 0. The van der Waals surface area contributed by atoms with Crippen molar-refractivity contribution in [2.45, 2.75) is 64.6 Å². The first-order valence-electron chi connectivity index (χ1n) is 7.11. The van der Waals surface area contributed by atoms with Crippen molar-refractivity contribution in [2.75, 3.05) is 0 Å². The molecule has 4 heteroatoms. The Morgan fingerprint density at radius 2 is 1.89 bits per heavy atom. The molecule has 0 N–H and O–H groups in total. The van der Waals surface area contributed by atoms with E-state index >= 15 is 0 Å². The molecule has 4 atom stereocenters. The van der Waals surface area contributed by atoms with Gasteiger partial charge >= 0.3 is 0 Å². The lowest BCUT2D eigenvalue weighted by atomic mass is 9.86. The van der Waals surface area contributed by atoms with Crippen LogP contribution >= 0.6 is 0 Å². The van der Waals surface area contributed by atoms with Crippen LogP contribution in [0.2, 0.25) is 18.1 Å². The maximum atomic E-state index is 12.3. The monoisotopic (exact) mass is 282 g/mol. The van der Waals surface area contributed by atoms with Crippen molar-refractivity contribution in [1.82, 2.24) is 0 Å². The number of hydrogen-bond donors (Lipinski definition) is 0. The lowest BCUT2D eigenvalue weighted by Crippen LogP contribution is -2.58. The lowest BCUT2D eigenvalue weighted by Gasteiger charge is -2.47. The minimum atomic E-state index is -1.98. The Morgan fingerprint density at radius 1 is 1.32 bits per heavy atom. The molecule has 3 nitrogen and oxygen atoms in total. The average Bonchev–Trinajstić information content (AvgIpc) is 2.65. The molecular formula is C15H26O3Si. The molecule has 0 radical (unpaired) electrons. The van der Waals surface area contributed by atoms with Gasteiger partial charge in [-0.15, -0.1) is 0 Å². The molecule has 2 bridgehead atoms. The number of fused-ring (bicyclic) bond motifs is 2. The molecule has 1 saturated heterocycles. The van der Waals surface area contributed by atoms with Crippen LogP contribution < -0.4 is 0 Å². The van der Waals surface area contributed by atoms with Crippen molar-refractivity contribution in [1.29, 1.82) is 0 Å². The fraction of sp³-hybridized carbons (Fsp3) is 0.800. The number of hydrogen-bond acceptors (Lipinski definition) is 3. The molecule has 0 aromatic heterocycles. The molecule has 2 aliphatic heterocycles. The van der Waals surface area contributed by atoms with E-state index in [1.165, 1.54) is 0 Å². The van der Waals surface area contributed by atoms with Crippen molar-refractivity contribution < 1.29 is 14.0 Å². The van der Waals surface area contributed by atoms with E-state index in [0.717, 1.165) is 0 Å². The van der Waals surface area contributed by atoms with Crippen LogP contribution in [-0.2, 0) is 14.0 Å². The second-order valence-corrected chi connectivity index (χ2v) is 12.2. The fourth-order valence-electron chi connectivity index (χ4n) is 2.49. The number of ketones is 1. The van der Waals surface area contributed by atoms with E-state index in [0.29, 0.717) is 0 Å². The first kappa shape index (κ1) is 14.9. The number of carbonyl (C=O) groups is 1. The smallest absolute Gasteiger partial charge is 0.196 e. The Labute approximate surface area is 117 Å². The highest BCUT2D eigenvalue weighted by atomic mass is 28.4. The summed E-state index contributed by atoms with van der Waals surface area (Å²) < 4.78 is 12.6. The van der Waals surface area contributed by atoms with Gasteiger partial charge in [0.1, 0.15) is 5.78 Å². The quantitative estimate of drug-likeness (QED) is 0.574. The summed E-state index contributed by atoms with van der Waals surface area (Å²) in [6.45, 7) is 14.9. The van der Waals surface area contributed by atoms with Crippen LogP contribution in [0.15, 0.2) is 12.2 Å². The van der Waals surface area contributed by atoms with Gasteiger partial charge in [0, 0.05) is 5.92 Å². The van der Waals surface area contributed by atoms with E-state index in [-0.39, 0.29) is 28.8 Å². The van der Waals surface area contributed by atoms with Crippen molar-refractivity contribution in [2.24, 2.45) is 11.8 Å². The van der Waals surface area contributed by atoms with Crippen LogP contribution in [0, 0.1) is 11.8 Å².